The zero-order chi connectivity index (χ0) is 22.1. The molecule has 0 atom stereocenters. The molecule has 0 fully saturated rings. The second kappa shape index (κ2) is 11.2. The Hall–Kier alpha value is -3.06. The lowest BCUT2D eigenvalue weighted by molar-refractivity contribution is 0.0944. The molecule has 0 saturated carbocycles. The van der Waals surface area contributed by atoms with E-state index in [0.29, 0.717) is 31.0 Å². The SMILES string of the molecule is CCOCCCNC(=O)c1cc(NC(=O)Nc2c(C)cccc2C)ccc1N(C)C. The van der Waals surface area contributed by atoms with Crippen molar-refractivity contribution in [2.45, 2.75) is 27.2 Å². The zero-order valence-electron chi connectivity index (χ0n) is 18.5. The molecule has 0 spiro atoms. The van der Waals surface area contributed by atoms with Crippen molar-refractivity contribution in [2.75, 3.05) is 49.4 Å². The normalized spacial score (nSPS) is 10.4. The molecule has 0 saturated heterocycles. The number of carbonyl (C=O) groups is 2. The van der Waals surface area contributed by atoms with E-state index >= 15 is 0 Å². The molecule has 0 aromatic heterocycles. The highest BCUT2D eigenvalue weighted by Crippen LogP contribution is 2.24. The van der Waals surface area contributed by atoms with E-state index in [2.05, 4.69) is 16.0 Å². The van der Waals surface area contributed by atoms with Gasteiger partial charge in [0.05, 0.1) is 5.56 Å². The molecule has 2 aromatic carbocycles. The van der Waals surface area contributed by atoms with Crippen molar-refractivity contribution in [2.24, 2.45) is 0 Å². The van der Waals surface area contributed by atoms with Crippen LogP contribution in [0.4, 0.5) is 21.9 Å². The first-order valence-electron chi connectivity index (χ1n) is 10.1. The number of urea groups is 1. The van der Waals surface area contributed by atoms with Crippen molar-refractivity contribution in [1.82, 2.24) is 5.32 Å². The summed E-state index contributed by atoms with van der Waals surface area (Å²) in [6, 6.07) is 10.8. The van der Waals surface area contributed by atoms with E-state index in [1.165, 1.54) is 0 Å². The number of anilines is 3. The van der Waals surface area contributed by atoms with E-state index in [-0.39, 0.29) is 11.9 Å². The van der Waals surface area contributed by atoms with Gasteiger partial charge in [0, 0.05) is 50.9 Å². The first kappa shape index (κ1) is 23.2. The number of benzene rings is 2. The highest BCUT2D eigenvalue weighted by Gasteiger charge is 2.15. The Morgan fingerprint density at radius 2 is 1.73 bits per heavy atom. The van der Waals surface area contributed by atoms with Gasteiger partial charge in [-0.1, -0.05) is 18.2 Å². The van der Waals surface area contributed by atoms with Crippen LogP contribution >= 0.6 is 0 Å². The highest BCUT2D eigenvalue weighted by atomic mass is 16.5. The third-order valence-corrected chi connectivity index (χ3v) is 4.66. The molecule has 7 heteroatoms. The molecule has 0 heterocycles. The number of nitrogens with zero attached hydrogens (tertiary/aromatic N) is 1. The van der Waals surface area contributed by atoms with Crippen LogP contribution in [0, 0.1) is 13.8 Å². The average molecular weight is 413 g/mol. The Kier molecular flexibility index (Phi) is 8.68. The van der Waals surface area contributed by atoms with Crippen molar-refractivity contribution in [3.8, 4) is 0 Å². The zero-order valence-corrected chi connectivity index (χ0v) is 18.5. The maximum atomic E-state index is 12.7. The predicted octanol–water partition coefficient (Wildman–Crippen LogP) is 4.17. The standard InChI is InChI=1S/C23H32N4O3/c1-6-30-14-8-13-24-22(28)19-15-18(11-12-20(19)27(4)5)25-23(29)26-21-16(2)9-7-10-17(21)3/h7,9-12,15H,6,8,13-14H2,1-5H3,(H,24,28)(H2,25,26,29). The quantitative estimate of drug-likeness (QED) is 0.540. The minimum absolute atomic E-state index is 0.186. The van der Waals surface area contributed by atoms with Crippen LogP contribution in [0.5, 0.6) is 0 Å². The topological polar surface area (TPSA) is 82.7 Å². The third kappa shape index (κ3) is 6.49. The number of amides is 3. The minimum Gasteiger partial charge on any atom is -0.382 e. The van der Waals surface area contributed by atoms with Crippen LogP contribution in [0.15, 0.2) is 36.4 Å². The van der Waals surface area contributed by atoms with Crippen LogP contribution in [-0.4, -0.2) is 45.8 Å². The van der Waals surface area contributed by atoms with E-state index in [4.69, 9.17) is 4.74 Å². The molecule has 0 aliphatic rings. The summed E-state index contributed by atoms with van der Waals surface area (Å²) in [5.41, 5.74) is 4.58. The first-order chi connectivity index (χ1) is 14.3. The molecular weight excluding hydrogens is 380 g/mol. The molecule has 0 bridgehead atoms. The Morgan fingerprint density at radius 3 is 2.37 bits per heavy atom. The van der Waals surface area contributed by atoms with Crippen LogP contribution in [0.25, 0.3) is 0 Å². The third-order valence-electron chi connectivity index (χ3n) is 4.66. The fourth-order valence-electron chi connectivity index (χ4n) is 3.09. The van der Waals surface area contributed by atoms with Gasteiger partial charge in [-0.15, -0.1) is 0 Å². The van der Waals surface area contributed by atoms with Crippen LogP contribution in [-0.2, 0) is 4.74 Å². The Morgan fingerprint density at radius 1 is 1.03 bits per heavy atom. The fraction of sp³-hybridized carbons (Fsp3) is 0.391. The lowest BCUT2D eigenvalue weighted by Crippen LogP contribution is -2.28. The van der Waals surface area contributed by atoms with Crippen molar-refractivity contribution in [3.63, 3.8) is 0 Å². The van der Waals surface area contributed by atoms with E-state index < -0.39 is 0 Å². The van der Waals surface area contributed by atoms with Crippen molar-refractivity contribution in [1.29, 1.82) is 0 Å². The van der Waals surface area contributed by atoms with E-state index in [9.17, 15) is 9.59 Å². The molecular formula is C23H32N4O3. The van der Waals surface area contributed by atoms with Gasteiger partial charge < -0.3 is 25.6 Å². The van der Waals surface area contributed by atoms with Gasteiger partial charge in [0.1, 0.15) is 0 Å². The summed E-state index contributed by atoms with van der Waals surface area (Å²) in [7, 11) is 3.75. The van der Waals surface area contributed by atoms with Gasteiger partial charge in [0.15, 0.2) is 0 Å². The lowest BCUT2D eigenvalue weighted by atomic mass is 10.1. The summed E-state index contributed by atoms with van der Waals surface area (Å²) >= 11 is 0. The lowest BCUT2D eigenvalue weighted by Gasteiger charge is -2.19. The molecule has 2 rings (SSSR count). The van der Waals surface area contributed by atoms with Crippen LogP contribution in [0.1, 0.15) is 34.8 Å². The average Bonchev–Trinajstić information content (AvgIpc) is 2.70. The monoisotopic (exact) mass is 412 g/mol. The second-order valence-corrected chi connectivity index (χ2v) is 7.28. The van der Waals surface area contributed by atoms with Gasteiger partial charge in [-0.2, -0.15) is 0 Å². The summed E-state index contributed by atoms with van der Waals surface area (Å²) in [5.74, 6) is -0.186. The molecule has 0 aliphatic heterocycles. The summed E-state index contributed by atoms with van der Waals surface area (Å²) in [5, 5.41) is 8.63. The smallest absolute Gasteiger partial charge is 0.323 e. The van der Waals surface area contributed by atoms with Gasteiger partial charge >= 0.3 is 6.03 Å². The molecule has 0 aliphatic carbocycles. The summed E-state index contributed by atoms with van der Waals surface area (Å²) in [6.07, 6.45) is 0.743. The number of carbonyl (C=O) groups excluding carboxylic acids is 2. The predicted molar refractivity (Wildman–Crippen MR) is 123 cm³/mol. The molecule has 3 N–H and O–H groups in total. The number of hydrogen-bond donors (Lipinski definition) is 3. The van der Waals surface area contributed by atoms with E-state index in [0.717, 1.165) is 28.9 Å². The van der Waals surface area contributed by atoms with Gasteiger partial charge in [-0.05, 0) is 56.5 Å². The van der Waals surface area contributed by atoms with Crippen molar-refractivity contribution in [3.05, 3.63) is 53.1 Å². The van der Waals surface area contributed by atoms with Gasteiger partial charge in [-0.25, -0.2) is 4.79 Å². The number of aryl methyl sites for hydroxylation is 2. The Balaban J connectivity index is 2.10. The van der Waals surface area contributed by atoms with Gasteiger partial charge in [0.2, 0.25) is 0 Å². The maximum absolute atomic E-state index is 12.7. The van der Waals surface area contributed by atoms with Crippen molar-refractivity contribution < 1.29 is 14.3 Å². The molecule has 0 radical (unpaired) electrons. The van der Waals surface area contributed by atoms with Crippen molar-refractivity contribution >= 4 is 29.0 Å². The Bertz CT molecular complexity index is 860. The number of nitrogens with one attached hydrogen (secondary N) is 3. The molecule has 162 valence electrons. The van der Waals surface area contributed by atoms with Gasteiger partial charge in [-0.3, -0.25) is 4.79 Å². The number of hydrogen-bond acceptors (Lipinski definition) is 4. The molecule has 0 unspecified atom stereocenters. The van der Waals surface area contributed by atoms with Gasteiger partial charge in [0.25, 0.3) is 5.91 Å². The Labute approximate surface area is 178 Å². The molecule has 2 aromatic rings. The largest absolute Gasteiger partial charge is 0.382 e. The summed E-state index contributed by atoms with van der Waals surface area (Å²) in [6.45, 7) is 7.63. The highest BCUT2D eigenvalue weighted by molar-refractivity contribution is 6.04. The summed E-state index contributed by atoms with van der Waals surface area (Å²) in [4.78, 5) is 27.1. The van der Waals surface area contributed by atoms with E-state index in [1.54, 1.807) is 12.1 Å². The van der Waals surface area contributed by atoms with E-state index in [1.807, 2.05) is 64.0 Å². The second-order valence-electron chi connectivity index (χ2n) is 7.28. The summed E-state index contributed by atoms with van der Waals surface area (Å²) < 4.78 is 5.30. The van der Waals surface area contributed by atoms with Crippen LogP contribution < -0.4 is 20.9 Å². The minimum atomic E-state index is -0.354. The fourth-order valence-corrected chi connectivity index (χ4v) is 3.09. The number of ether oxygens (including phenoxy) is 1. The maximum Gasteiger partial charge on any atom is 0.323 e. The number of rotatable bonds is 9. The molecule has 7 nitrogen and oxygen atoms in total. The van der Waals surface area contributed by atoms with Crippen LogP contribution in [0.3, 0.4) is 0 Å². The molecule has 30 heavy (non-hydrogen) atoms. The number of para-hydroxylation sites is 1. The van der Waals surface area contributed by atoms with Crippen LogP contribution in [0.2, 0.25) is 0 Å². The first-order valence-corrected chi connectivity index (χ1v) is 10.1. The molecule has 3 amide bonds.